The van der Waals surface area contributed by atoms with Gasteiger partial charge in [0.25, 0.3) is 0 Å². The Morgan fingerprint density at radius 2 is 2.05 bits per heavy atom. The largest absolute Gasteiger partial charge is 0.409 e. The number of halogens is 2. The smallest absolute Gasteiger partial charge is 0.238 e. The number of hydrogen-bond donors (Lipinski definition) is 3. The predicted octanol–water partition coefficient (Wildman–Crippen LogP) is 2.72. The van der Waals surface area contributed by atoms with Crippen molar-refractivity contribution in [2.75, 3.05) is 5.32 Å². The highest BCUT2D eigenvalue weighted by Gasteiger charge is 2.45. The minimum Gasteiger partial charge on any atom is -0.409 e. The summed E-state index contributed by atoms with van der Waals surface area (Å²) in [7, 11) is 0. The molecule has 4 N–H and O–H groups in total. The number of amidine groups is 1. The first kappa shape index (κ1) is 14.6. The first-order valence-electron chi connectivity index (χ1n) is 6.23. The number of oxime groups is 1. The maximum absolute atomic E-state index is 13.3. The van der Waals surface area contributed by atoms with E-state index < -0.39 is 17.1 Å². The fourth-order valence-corrected chi connectivity index (χ4v) is 2.77. The van der Waals surface area contributed by atoms with Crippen LogP contribution in [0.25, 0.3) is 0 Å². The summed E-state index contributed by atoms with van der Waals surface area (Å²) in [6, 6.07) is 3.75. The Morgan fingerprint density at radius 1 is 1.40 bits per heavy atom. The Morgan fingerprint density at radius 3 is 2.60 bits per heavy atom. The molecular formula is C13H15ClFN3O2. The van der Waals surface area contributed by atoms with Gasteiger partial charge in [-0.15, -0.1) is 0 Å². The lowest BCUT2D eigenvalue weighted by Gasteiger charge is -2.26. The molecule has 1 aromatic rings. The van der Waals surface area contributed by atoms with Crippen molar-refractivity contribution in [3.8, 4) is 0 Å². The van der Waals surface area contributed by atoms with Crippen molar-refractivity contribution in [1.82, 2.24) is 0 Å². The first-order chi connectivity index (χ1) is 9.48. The van der Waals surface area contributed by atoms with Gasteiger partial charge < -0.3 is 16.3 Å². The number of rotatable bonds is 3. The average molecular weight is 300 g/mol. The van der Waals surface area contributed by atoms with E-state index >= 15 is 0 Å². The number of nitrogens with two attached hydrogens (primary N) is 1. The van der Waals surface area contributed by atoms with Crippen LogP contribution in [0, 0.1) is 11.2 Å². The molecule has 1 fully saturated rings. The van der Waals surface area contributed by atoms with Gasteiger partial charge in [0.15, 0.2) is 5.84 Å². The van der Waals surface area contributed by atoms with Crippen LogP contribution in [0.1, 0.15) is 25.7 Å². The second-order valence-electron chi connectivity index (χ2n) is 4.89. The minimum atomic E-state index is -1.03. The molecule has 108 valence electrons. The number of carbonyl (C=O) groups excluding carboxylic acids is 1. The molecule has 0 heterocycles. The fraction of sp³-hybridized carbons (Fsp3) is 0.385. The van der Waals surface area contributed by atoms with Gasteiger partial charge in [0, 0.05) is 10.7 Å². The Labute approximate surface area is 120 Å². The topological polar surface area (TPSA) is 87.7 Å². The van der Waals surface area contributed by atoms with Crippen LogP contribution in [0.5, 0.6) is 0 Å². The van der Waals surface area contributed by atoms with Gasteiger partial charge in [-0.3, -0.25) is 4.79 Å². The third-order valence-corrected chi connectivity index (χ3v) is 3.83. The first-order valence-corrected chi connectivity index (χ1v) is 6.61. The van der Waals surface area contributed by atoms with E-state index in [1.54, 1.807) is 0 Å². The quantitative estimate of drug-likeness (QED) is 0.347. The van der Waals surface area contributed by atoms with Gasteiger partial charge in [-0.05, 0) is 31.0 Å². The van der Waals surface area contributed by atoms with E-state index in [1.165, 1.54) is 12.1 Å². The second-order valence-corrected chi connectivity index (χ2v) is 5.32. The van der Waals surface area contributed by atoms with Crippen molar-refractivity contribution < 1.29 is 14.4 Å². The monoisotopic (exact) mass is 299 g/mol. The molecule has 1 amide bonds. The van der Waals surface area contributed by atoms with Crippen molar-refractivity contribution >= 4 is 29.0 Å². The molecule has 0 bridgehead atoms. The molecule has 5 nitrogen and oxygen atoms in total. The van der Waals surface area contributed by atoms with E-state index in [9.17, 15) is 9.18 Å². The summed E-state index contributed by atoms with van der Waals surface area (Å²) in [6.45, 7) is 0. The molecule has 1 saturated carbocycles. The molecule has 0 radical (unpaired) electrons. The van der Waals surface area contributed by atoms with E-state index in [-0.39, 0.29) is 16.5 Å². The Balaban J connectivity index is 2.25. The van der Waals surface area contributed by atoms with Crippen LogP contribution in [-0.2, 0) is 4.79 Å². The molecule has 1 aliphatic rings. The van der Waals surface area contributed by atoms with E-state index in [4.69, 9.17) is 22.5 Å². The lowest BCUT2D eigenvalue weighted by Crippen LogP contribution is -2.45. The van der Waals surface area contributed by atoms with Crippen molar-refractivity contribution in [1.29, 1.82) is 0 Å². The maximum Gasteiger partial charge on any atom is 0.238 e. The number of benzene rings is 1. The Hall–Kier alpha value is -1.82. The Bertz CT molecular complexity index is 536. The third kappa shape index (κ3) is 2.70. The molecule has 0 atom stereocenters. The summed E-state index contributed by atoms with van der Waals surface area (Å²) in [5, 5.41) is 14.6. The summed E-state index contributed by atoms with van der Waals surface area (Å²) in [4.78, 5) is 12.4. The van der Waals surface area contributed by atoms with Crippen molar-refractivity contribution in [3.05, 3.63) is 29.0 Å². The molecule has 0 saturated heterocycles. The van der Waals surface area contributed by atoms with Crippen LogP contribution >= 0.6 is 11.6 Å². The normalized spacial score (nSPS) is 18.0. The van der Waals surface area contributed by atoms with E-state index in [0.29, 0.717) is 12.8 Å². The molecule has 1 aliphatic carbocycles. The fourth-order valence-electron chi connectivity index (χ4n) is 2.55. The third-order valence-electron chi connectivity index (χ3n) is 3.61. The zero-order chi connectivity index (χ0) is 14.8. The number of hydrogen-bond acceptors (Lipinski definition) is 3. The molecule has 2 rings (SSSR count). The van der Waals surface area contributed by atoms with Gasteiger partial charge >= 0.3 is 0 Å². The summed E-state index contributed by atoms with van der Waals surface area (Å²) < 4.78 is 13.3. The zero-order valence-corrected chi connectivity index (χ0v) is 11.5. The molecule has 0 aromatic heterocycles. The lowest BCUT2D eigenvalue weighted by molar-refractivity contribution is -0.122. The zero-order valence-electron chi connectivity index (χ0n) is 10.7. The van der Waals surface area contributed by atoms with Crippen molar-refractivity contribution in [2.45, 2.75) is 25.7 Å². The molecule has 0 spiro atoms. The van der Waals surface area contributed by atoms with E-state index in [0.717, 1.165) is 18.9 Å². The highest BCUT2D eigenvalue weighted by Crippen LogP contribution is 2.39. The minimum absolute atomic E-state index is 0.116. The second kappa shape index (κ2) is 5.66. The van der Waals surface area contributed by atoms with Gasteiger partial charge in [0.2, 0.25) is 5.91 Å². The van der Waals surface area contributed by atoms with Crippen molar-refractivity contribution in [3.63, 3.8) is 0 Å². The summed E-state index contributed by atoms with van der Waals surface area (Å²) >= 11 is 5.74. The molecular weight excluding hydrogens is 285 g/mol. The molecule has 1 aromatic carbocycles. The van der Waals surface area contributed by atoms with Crippen LogP contribution in [-0.4, -0.2) is 17.0 Å². The number of amides is 1. The SMILES string of the molecule is N/C(=N/O)C1(C(=O)Nc2cc(F)cc(Cl)c2)CCCC1. The number of anilines is 1. The highest BCUT2D eigenvalue weighted by molar-refractivity contribution is 6.31. The van der Waals surface area contributed by atoms with Crippen LogP contribution in [0.4, 0.5) is 10.1 Å². The van der Waals surface area contributed by atoms with Gasteiger partial charge in [-0.2, -0.15) is 0 Å². The maximum atomic E-state index is 13.3. The average Bonchev–Trinajstić information content (AvgIpc) is 2.87. The highest BCUT2D eigenvalue weighted by atomic mass is 35.5. The van der Waals surface area contributed by atoms with Gasteiger partial charge in [0.05, 0.1) is 0 Å². The van der Waals surface area contributed by atoms with Crippen LogP contribution in [0.2, 0.25) is 5.02 Å². The summed E-state index contributed by atoms with van der Waals surface area (Å²) in [6.07, 6.45) is 2.62. The molecule has 20 heavy (non-hydrogen) atoms. The molecule has 0 aliphatic heterocycles. The lowest BCUT2D eigenvalue weighted by atomic mass is 9.83. The van der Waals surface area contributed by atoms with E-state index in [1.807, 2.05) is 0 Å². The standard InChI is InChI=1S/C13H15ClFN3O2/c14-8-5-9(15)7-10(6-8)17-12(19)13(11(16)18-20)3-1-2-4-13/h5-7,20H,1-4H2,(H2,16,18)(H,17,19). The van der Waals surface area contributed by atoms with Crippen LogP contribution in [0.15, 0.2) is 23.4 Å². The van der Waals surface area contributed by atoms with Crippen molar-refractivity contribution in [2.24, 2.45) is 16.3 Å². The van der Waals surface area contributed by atoms with Gasteiger partial charge in [-0.1, -0.05) is 29.6 Å². The predicted molar refractivity (Wildman–Crippen MR) is 74.3 cm³/mol. The van der Waals surface area contributed by atoms with Gasteiger partial charge in [0.1, 0.15) is 11.2 Å². The number of nitrogens with one attached hydrogen (secondary N) is 1. The summed E-state index contributed by atoms with van der Waals surface area (Å²) in [5.74, 6) is -1.07. The van der Waals surface area contributed by atoms with Crippen LogP contribution in [0.3, 0.4) is 0 Å². The van der Waals surface area contributed by atoms with Crippen LogP contribution < -0.4 is 11.1 Å². The van der Waals surface area contributed by atoms with E-state index in [2.05, 4.69) is 10.5 Å². The summed E-state index contributed by atoms with van der Waals surface area (Å²) in [5.41, 5.74) is 4.88. The molecule has 0 unspecified atom stereocenters. The Kier molecular flexibility index (Phi) is 4.13. The number of nitrogens with zero attached hydrogens (tertiary/aromatic N) is 1. The number of carbonyl (C=O) groups is 1. The van der Waals surface area contributed by atoms with Gasteiger partial charge in [-0.25, -0.2) is 4.39 Å². The molecule has 7 heteroatoms.